The smallest absolute Gasteiger partial charge is 0.346 e. The highest BCUT2D eigenvalue weighted by molar-refractivity contribution is 5.33. The summed E-state index contributed by atoms with van der Waals surface area (Å²) in [6, 6.07) is 1.48. The van der Waals surface area contributed by atoms with E-state index in [1.54, 1.807) is 0 Å². The van der Waals surface area contributed by atoms with Crippen LogP contribution in [-0.2, 0) is 4.74 Å². The summed E-state index contributed by atoms with van der Waals surface area (Å²) in [4.78, 5) is 17.0. The van der Waals surface area contributed by atoms with E-state index in [-0.39, 0.29) is 5.82 Å². The van der Waals surface area contributed by atoms with Gasteiger partial charge in [0.1, 0.15) is 23.6 Å². The number of anilines is 1. The van der Waals surface area contributed by atoms with Crippen LogP contribution in [-0.4, -0.2) is 55.9 Å². The van der Waals surface area contributed by atoms with Crippen molar-refractivity contribution in [2.45, 2.75) is 31.0 Å². The summed E-state index contributed by atoms with van der Waals surface area (Å²) in [5, 5.41) is 31.4. The second-order valence-electron chi connectivity index (χ2n) is 4.37. The van der Waals surface area contributed by atoms with Crippen molar-refractivity contribution in [2.24, 2.45) is 0 Å². The Morgan fingerprint density at radius 2 is 2.33 bits per heavy atom. The Morgan fingerprint density at radius 1 is 1.61 bits per heavy atom. The molecule has 1 saturated heterocycles. The van der Waals surface area contributed by atoms with Gasteiger partial charge in [0, 0.05) is 6.20 Å². The van der Waals surface area contributed by atoms with E-state index < -0.39 is 36.3 Å². The molecule has 18 heavy (non-hydrogen) atoms. The maximum atomic E-state index is 11.0. The SMILES string of the molecule is C[C@]1(CO)O[C@@H](Nc2cc[nH]c(=O)n2)[C@H](O)[C@@H]1O. The number of hydrogen-bond donors (Lipinski definition) is 5. The number of H-pyrrole nitrogens is 1. The first kappa shape index (κ1) is 13.0. The molecule has 0 aromatic carbocycles. The average Bonchev–Trinajstić information content (AvgIpc) is 2.55. The molecule has 0 spiro atoms. The van der Waals surface area contributed by atoms with Crippen LogP contribution in [0.3, 0.4) is 0 Å². The van der Waals surface area contributed by atoms with E-state index in [2.05, 4.69) is 15.3 Å². The molecule has 0 radical (unpaired) electrons. The molecular weight excluding hydrogens is 242 g/mol. The monoisotopic (exact) mass is 257 g/mol. The fraction of sp³-hybridized carbons (Fsp3) is 0.600. The summed E-state index contributed by atoms with van der Waals surface area (Å²) >= 11 is 0. The first-order valence-electron chi connectivity index (χ1n) is 5.43. The number of nitrogens with zero attached hydrogens (tertiary/aromatic N) is 1. The average molecular weight is 257 g/mol. The molecule has 2 heterocycles. The zero-order valence-corrected chi connectivity index (χ0v) is 9.70. The van der Waals surface area contributed by atoms with Gasteiger partial charge >= 0.3 is 5.69 Å². The van der Waals surface area contributed by atoms with Gasteiger partial charge in [-0.2, -0.15) is 4.98 Å². The van der Waals surface area contributed by atoms with Gasteiger partial charge in [0.25, 0.3) is 0 Å². The summed E-state index contributed by atoms with van der Waals surface area (Å²) in [6.07, 6.45) is -2.03. The molecule has 1 aromatic heterocycles. The molecule has 1 aliphatic heterocycles. The number of nitrogens with one attached hydrogen (secondary N) is 2. The maximum absolute atomic E-state index is 11.0. The molecule has 1 aromatic rings. The van der Waals surface area contributed by atoms with Gasteiger partial charge in [0.05, 0.1) is 6.61 Å². The Hall–Kier alpha value is -1.48. The first-order chi connectivity index (χ1) is 8.46. The largest absolute Gasteiger partial charge is 0.393 e. The van der Waals surface area contributed by atoms with Crippen molar-refractivity contribution in [1.82, 2.24) is 9.97 Å². The molecule has 0 unspecified atom stereocenters. The molecular formula is C10H15N3O5. The van der Waals surface area contributed by atoms with E-state index in [0.717, 1.165) is 0 Å². The lowest BCUT2D eigenvalue weighted by atomic mass is 9.99. The molecule has 100 valence electrons. The highest BCUT2D eigenvalue weighted by Gasteiger charge is 2.51. The highest BCUT2D eigenvalue weighted by Crippen LogP contribution is 2.30. The van der Waals surface area contributed by atoms with Crippen LogP contribution in [0.5, 0.6) is 0 Å². The Balaban J connectivity index is 2.14. The van der Waals surface area contributed by atoms with Gasteiger partial charge in [0.2, 0.25) is 0 Å². The van der Waals surface area contributed by atoms with Crippen LogP contribution < -0.4 is 11.0 Å². The number of ether oxygens (including phenoxy) is 1. The molecule has 5 N–H and O–H groups in total. The summed E-state index contributed by atoms with van der Waals surface area (Å²) in [5.74, 6) is 0.206. The predicted molar refractivity (Wildman–Crippen MR) is 60.9 cm³/mol. The molecule has 0 bridgehead atoms. The zero-order valence-electron chi connectivity index (χ0n) is 9.70. The third-order valence-electron chi connectivity index (χ3n) is 2.93. The number of aromatic nitrogens is 2. The first-order valence-corrected chi connectivity index (χ1v) is 5.43. The minimum Gasteiger partial charge on any atom is -0.393 e. The topological polar surface area (TPSA) is 128 Å². The predicted octanol–water partition coefficient (Wildman–Crippen LogP) is -1.99. The molecule has 8 nitrogen and oxygen atoms in total. The molecule has 4 atom stereocenters. The van der Waals surface area contributed by atoms with Crippen molar-refractivity contribution in [1.29, 1.82) is 0 Å². The molecule has 0 saturated carbocycles. The second-order valence-corrected chi connectivity index (χ2v) is 4.37. The summed E-state index contributed by atoms with van der Waals surface area (Å²) in [7, 11) is 0. The molecule has 0 amide bonds. The van der Waals surface area contributed by atoms with Crippen molar-refractivity contribution < 1.29 is 20.1 Å². The summed E-state index contributed by atoms with van der Waals surface area (Å²) in [5.41, 5.74) is -1.80. The van der Waals surface area contributed by atoms with Crippen molar-refractivity contribution in [3.8, 4) is 0 Å². The molecule has 0 aliphatic carbocycles. The molecule has 2 rings (SSSR count). The third-order valence-corrected chi connectivity index (χ3v) is 2.93. The van der Waals surface area contributed by atoms with Crippen molar-refractivity contribution in [3.63, 3.8) is 0 Å². The molecule has 1 aliphatic rings. The summed E-state index contributed by atoms with van der Waals surface area (Å²) < 4.78 is 5.35. The number of rotatable bonds is 3. The lowest BCUT2D eigenvalue weighted by molar-refractivity contribution is -0.0936. The van der Waals surface area contributed by atoms with Gasteiger partial charge in [0.15, 0.2) is 6.23 Å². The van der Waals surface area contributed by atoms with Gasteiger partial charge in [-0.3, -0.25) is 0 Å². The van der Waals surface area contributed by atoms with Crippen molar-refractivity contribution >= 4 is 5.82 Å². The summed E-state index contributed by atoms with van der Waals surface area (Å²) in [6.45, 7) is 1.04. The van der Waals surface area contributed by atoms with Crippen LogP contribution in [0.2, 0.25) is 0 Å². The lowest BCUT2D eigenvalue weighted by Gasteiger charge is -2.24. The third kappa shape index (κ3) is 2.23. The van der Waals surface area contributed by atoms with Crippen LogP contribution in [0.4, 0.5) is 5.82 Å². The Labute approximate surface area is 102 Å². The van der Waals surface area contributed by atoms with Crippen molar-refractivity contribution in [3.05, 3.63) is 22.7 Å². The number of aromatic amines is 1. The Kier molecular flexibility index (Phi) is 3.35. The number of aliphatic hydroxyl groups excluding tert-OH is 3. The van der Waals surface area contributed by atoms with Gasteiger partial charge in [-0.15, -0.1) is 0 Å². The van der Waals surface area contributed by atoms with E-state index in [0.29, 0.717) is 0 Å². The normalized spacial score (nSPS) is 35.7. The second kappa shape index (κ2) is 4.65. The minimum absolute atomic E-state index is 0.206. The van der Waals surface area contributed by atoms with E-state index in [4.69, 9.17) is 9.84 Å². The fourth-order valence-corrected chi connectivity index (χ4v) is 1.80. The van der Waals surface area contributed by atoms with Crippen LogP contribution in [0, 0.1) is 0 Å². The lowest BCUT2D eigenvalue weighted by Crippen LogP contribution is -2.43. The molecule has 1 fully saturated rings. The quantitative estimate of drug-likeness (QED) is 0.424. The van der Waals surface area contributed by atoms with Crippen LogP contribution in [0.1, 0.15) is 6.92 Å². The van der Waals surface area contributed by atoms with Gasteiger partial charge in [-0.1, -0.05) is 0 Å². The van der Waals surface area contributed by atoms with Crippen LogP contribution in [0.15, 0.2) is 17.1 Å². The van der Waals surface area contributed by atoms with Crippen molar-refractivity contribution in [2.75, 3.05) is 11.9 Å². The molecule has 8 heteroatoms. The fourth-order valence-electron chi connectivity index (χ4n) is 1.80. The van der Waals surface area contributed by atoms with Gasteiger partial charge < -0.3 is 30.4 Å². The minimum atomic E-state index is -1.25. The van der Waals surface area contributed by atoms with Gasteiger partial charge in [-0.05, 0) is 13.0 Å². The zero-order chi connectivity index (χ0) is 13.3. The highest BCUT2D eigenvalue weighted by atomic mass is 16.6. The van der Waals surface area contributed by atoms with E-state index >= 15 is 0 Å². The number of aliphatic hydroxyl groups is 3. The Morgan fingerprint density at radius 3 is 2.89 bits per heavy atom. The van der Waals surface area contributed by atoms with Gasteiger partial charge in [-0.25, -0.2) is 4.79 Å². The van der Waals surface area contributed by atoms with E-state index in [1.807, 2.05) is 0 Å². The van der Waals surface area contributed by atoms with E-state index in [1.165, 1.54) is 19.2 Å². The van der Waals surface area contributed by atoms with E-state index in [9.17, 15) is 15.0 Å². The number of hydrogen-bond acceptors (Lipinski definition) is 7. The standard InChI is InChI=1S/C10H15N3O5/c1-10(4-14)7(16)6(15)8(18-10)12-5-2-3-11-9(17)13-5/h2-3,6-8,14-16H,4H2,1H3,(H2,11,12,13,17)/t6-,7+,8-,10-/m1/s1. The van der Waals surface area contributed by atoms with Crippen LogP contribution in [0.25, 0.3) is 0 Å². The maximum Gasteiger partial charge on any atom is 0.346 e. The Bertz CT molecular complexity index is 479. The van der Waals surface area contributed by atoms with Crippen LogP contribution >= 0.6 is 0 Å².